The van der Waals surface area contributed by atoms with Crippen molar-refractivity contribution in [3.8, 4) is 0 Å². The topological polar surface area (TPSA) is 0 Å². The van der Waals surface area contributed by atoms with Crippen LogP contribution in [0.25, 0.3) is 0 Å². The van der Waals surface area contributed by atoms with Crippen LogP contribution in [0.15, 0.2) is 23.8 Å². The van der Waals surface area contributed by atoms with Crippen molar-refractivity contribution in [1.29, 1.82) is 0 Å². The summed E-state index contributed by atoms with van der Waals surface area (Å²) in [4.78, 5) is 0. The molecule has 0 saturated carbocycles. The summed E-state index contributed by atoms with van der Waals surface area (Å²) in [5.41, 5.74) is 1.73. The van der Waals surface area contributed by atoms with Gasteiger partial charge in [0.15, 0.2) is 0 Å². The van der Waals surface area contributed by atoms with Gasteiger partial charge in [0.1, 0.15) is 0 Å². The Balaban J connectivity index is 2.39. The monoisotopic (exact) mass is 206 g/mol. The molecule has 0 heteroatoms. The fraction of sp³-hybridized carbons (Fsp3) is 0.733. The molecule has 0 saturated heterocycles. The molecule has 0 radical (unpaired) electrons. The minimum atomic E-state index is 0.872. The molecule has 0 N–H and O–H groups in total. The SMILES string of the molecule is CCCCCC(CC)C1=CCC=CCC1. The minimum absolute atomic E-state index is 0.872. The van der Waals surface area contributed by atoms with Gasteiger partial charge in [-0.2, -0.15) is 0 Å². The van der Waals surface area contributed by atoms with Gasteiger partial charge in [-0.3, -0.25) is 0 Å². The third-order valence-corrected chi connectivity index (χ3v) is 3.46. The van der Waals surface area contributed by atoms with Crippen LogP contribution in [0.5, 0.6) is 0 Å². The van der Waals surface area contributed by atoms with E-state index in [4.69, 9.17) is 0 Å². The number of hydrogen-bond donors (Lipinski definition) is 0. The molecule has 0 bridgehead atoms. The van der Waals surface area contributed by atoms with Crippen LogP contribution in [-0.4, -0.2) is 0 Å². The third kappa shape index (κ3) is 4.68. The van der Waals surface area contributed by atoms with Crippen LogP contribution < -0.4 is 0 Å². The Bertz CT molecular complexity index is 210. The highest BCUT2D eigenvalue weighted by molar-refractivity contribution is 5.12. The van der Waals surface area contributed by atoms with Crippen LogP contribution in [0.1, 0.15) is 65.2 Å². The highest BCUT2D eigenvalue weighted by Crippen LogP contribution is 2.27. The van der Waals surface area contributed by atoms with Crippen LogP contribution in [-0.2, 0) is 0 Å². The summed E-state index contributed by atoms with van der Waals surface area (Å²) in [6.45, 7) is 4.63. The molecule has 0 amide bonds. The molecule has 0 aromatic heterocycles. The Labute approximate surface area is 95.5 Å². The van der Waals surface area contributed by atoms with Gasteiger partial charge in [0, 0.05) is 0 Å². The van der Waals surface area contributed by atoms with Crippen LogP contribution >= 0.6 is 0 Å². The van der Waals surface area contributed by atoms with E-state index in [9.17, 15) is 0 Å². The Morgan fingerprint density at radius 3 is 2.80 bits per heavy atom. The van der Waals surface area contributed by atoms with Crippen LogP contribution in [0.2, 0.25) is 0 Å². The number of rotatable bonds is 6. The van der Waals surface area contributed by atoms with Crippen molar-refractivity contribution < 1.29 is 0 Å². The van der Waals surface area contributed by atoms with E-state index in [1.807, 2.05) is 0 Å². The van der Waals surface area contributed by atoms with E-state index in [1.54, 1.807) is 5.57 Å². The zero-order chi connectivity index (χ0) is 10.9. The summed E-state index contributed by atoms with van der Waals surface area (Å²) in [5, 5.41) is 0. The van der Waals surface area contributed by atoms with Crippen molar-refractivity contribution in [2.75, 3.05) is 0 Å². The molecule has 0 fully saturated rings. The predicted octanol–water partition coefficient (Wildman–Crippen LogP) is 5.26. The van der Waals surface area contributed by atoms with E-state index in [2.05, 4.69) is 32.1 Å². The lowest BCUT2D eigenvalue weighted by Crippen LogP contribution is -2.03. The summed E-state index contributed by atoms with van der Waals surface area (Å²) < 4.78 is 0. The van der Waals surface area contributed by atoms with Gasteiger partial charge in [-0.25, -0.2) is 0 Å². The van der Waals surface area contributed by atoms with E-state index in [0.717, 1.165) is 5.92 Å². The zero-order valence-corrected chi connectivity index (χ0v) is 10.5. The summed E-state index contributed by atoms with van der Waals surface area (Å²) in [5.74, 6) is 0.872. The van der Waals surface area contributed by atoms with Crippen molar-refractivity contribution in [3.63, 3.8) is 0 Å². The lowest BCUT2D eigenvalue weighted by molar-refractivity contribution is 0.490. The smallest absolute Gasteiger partial charge is 0.0166 e. The van der Waals surface area contributed by atoms with E-state index in [0.29, 0.717) is 0 Å². The van der Waals surface area contributed by atoms with Crippen LogP contribution in [0.4, 0.5) is 0 Å². The molecule has 0 nitrogen and oxygen atoms in total. The highest BCUT2D eigenvalue weighted by atomic mass is 14.2. The fourth-order valence-electron chi connectivity index (χ4n) is 2.45. The van der Waals surface area contributed by atoms with Gasteiger partial charge in [-0.05, 0) is 38.0 Å². The first-order chi connectivity index (χ1) is 7.38. The number of unbranched alkanes of at least 4 members (excludes halogenated alkanes) is 2. The van der Waals surface area contributed by atoms with Crippen molar-refractivity contribution in [2.45, 2.75) is 65.2 Å². The summed E-state index contributed by atoms with van der Waals surface area (Å²) in [7, 11) is 0. The molecule has 0 heterocycles. The lowest BCUT2D eigenvalue weighted by Gasteiger charge is -2.18. The van der Waals surface area contributed by atoms with Crippen LogP contribution in [0.3, 0.4) is 0 Å². The first-order valence-corrected chi connectivity index (χ1v) is 6.72. The maximum absolute atomic E-state index is 2.48. The molecule has 86 valence electrons. The Morgan fingerprint density at radius 1 is 1.20 bits per heavy atom. The maximum Gasteiger partial charge on any atom is -0.0166 e. The summed E-state index contributed by atoms with van der Waals surface area (Å²) in [6, 6.07) is 0. The Kier molecular flexibility index (Phi) is 6.47. The highest BCUT2D eigenvalue weighted by Gasteiger charge is 2.11. The second kappa shape index (κ2) is 7.73. The first-order valence-electron chi connectivity index (χ1n) is 6.72. The molecular formula is C15H26. The molecule has 0 aliphatic heterocycles. The lowest BCUT2D eigenvalue weighted by atomic mass is 9.88. The molecule has 1 unspecified atom stereocenters. The standard InChI is InChI=1S/C15H26/c1-3-5-8-11-14(4-2)15-12-9-6-7-10-13-15/h6-7,12,14H,3-5,8-11,13H2,1-2H3. The molecule has 1 rings (SSSR count). The van der Waals surface area contributed by atoms with E-state index < -0.39 is 0 Å². The number of allylic oxidation sites excluding steroid dienone is 4. The minimum Gasteiger partial charge on any atom is -0.0879 e. The van der Waals surface area contributed by atoms with E-state index in [1.165, 1.54) is 51.4 Å². The van der Waals surface area contributed by atoms with Gasteiger partial charge in [0.2, 0.25) is 0 Å². The van der Waals surface area contributed by atoms with E-state index in [-0.39, 0.29) is 0 Å². The number of hydrogen-bond acceptors (Lipinski definition) is 0. The zero-order valence-electron chi connectivity index (χ0n) is 10.5. The van der Waals surface area contributed by atoms with Gasteiger partial charge in [0.25, 0.3) is 0 Å². The fourth-order valence-corrected chi connectivity index (χ4v) is 2.45. The molecule has 15 heavy (non-hydrogen) atoms. The van der Waals surface area contributed by atoms with Crippen molar-refractivity contribution in [2.24, 2.45) is 5.92 Å². The van der Waals surface area contributed by atoms with Crippen molar-refractivity contribution in [3.05, 3.63) is 23.8 Å². The first kappa shape index (κ1) is 12.5. The Morgan fingerprint density at radius 2 is 2.07 bits per heavy atom. The summed E-state index contributed by atoms with van der Waals surface area (Å²) >= 11 is 0. The van der Waals surface area contributed by atoms with Crippen LogP contribution in [0, 0.1) is 5.92 Å². The third-order valence-electron chi connectivity index (χ3n) is 3.46. The van der Waals surface area contributed by atoms with Crippen molar-refractivity contribution in [1.82, 2.24) is 0 Å². The quantitative estimate of drug-likeness (QED) is 0.411. The molecule has 0 aromatic carbocycles. The Hall–Kier alpha value is -0.520. The molecule has 1 aliphatic carbocycles. The van der Waals surface area contributed by atoms with Gasteiger partial charge >= 0.3 is 0 Å². The molecule has 1 atom stereocenters. The van der Waals surface area contributed by atoms with Gasteiger partial charge in [-0.15, -0.1) is 0 Å². The molecular weight excluding hydrogens is 180 g/mol. The summed E-state index contributed by atoms with van der Waals surface area (Å²) in [6.07, 6.45) is 17.8. The normalized spacial score (nSPS) is 18.4. The average Bonchev–Trinajstić information content (AvgIpc) is 2.53. The molecule has 0 aromatic rings. The van der Waals surface area contributed by atoms with E-state index >= 15 is 0 Å². The second-order valence-corrected chi connectivity index (χ2v) is 4.63. The van der Waals surface area contributed by atoms with Gasteiger partial charge < -0.3 is 0 Å². The van der Waals surface area contributed by atoms with Gasteiger partial charge in [-0.1, -0.05) is 56.9 Å². The predicted molar refractivity (Wildman–Crippen MR) is 69.0 cm³/mol. The van der Waals surface area contributed by atoms with Gasteiger partial charge in [0.05, 0.1) is 0 Å². The average molecular weight is 206 g/mol. The molecule has 1 aliphatic rings. The molecule has 0 spiro atoms. The maximum atomic E-state index is 2.48. The largest absolute Gasteiger partial charge is 0.0879 e. The second-order valence-electron chi connectivity index (χ2n) is 4.63. The van der Waals surface area contributed by atoms with Crippen molar-refractivity contribution >= 4 is 0 Å².